The highest BCUT2D eigenvalue weighted by molar-refractivity contribution is 6.32. The number of ether oxygens (including phenoxy) is 2. The van der Waals surface area contributed by atoms with E-state index in [0.29, 0.717) is 49.0 Å². The second kappa shape index (κ2) is 11.1. The van der Waals surface area contributed by atoms with Crippen LogP contribution in [0.2, 0.25) is 0 Å². The fourth-order valence-electron chi connectivity index (χ4n) is 4.68. The van der Waals surface area contributed by atoms with Crippen molar-refractivity contribution in [3.63, 3.8) is 0 Å². The zero-order chi connectivity index (χ0) is 26.7. The van der Waals surface area contributed by atoms with Crippen molar-refractivity contribution in [1.29, 1.82) is 0 Å². The number of nitrogens with zero attached hydrogens (tertiary/aromatic N) is 3. The van der Waals surface area contributed by atoms with Crippen molar-refractivity contribution >= 4 is 23.6 Å². The average molecular weight is 530 g/mol. The number of allylic oxidation sites excluding steroid dienone is 4. The van der Waals surface area contributed by atoms with E-state index in [1.54, 1.807) is 39.0 Å². The number of carbonyl (C=O) groups is 2. The Hall–Kier alpha value is -3.10. The Labute approximate surface area is 222 Å². The van der Waals surface area contributed by atoms with Crippen LogP contribution in [0.3, 0.4) is 0 Å². The molecule has 1 saturated heterocycles. The highest BCUT2D eigenvalue weighted by atomic mass is 35.5. The molecule has 7 nitrogen and oxygen atoms in total. The largest absolute Gasteiger partial charge is 0.462 e. The lowest BCUT2D eigenvalue weighted by molar-refractivity contribution is -0.139. The topological polar surface area (TPSA) is 62.3 Å². The van der Waals surface area contributed by atoms with Gasteiger partial charge < -0.3 is 14.4 Å². The summed E-state index contributed by atoms with van der Waals surface area (Å²) in [6.45, 7) is 10.1. The number of piperazine rings is 1. The summed E-state index contributed by atoms with van der Waals surface area (Å²) in [6.07, 6.45) is 7.91. The first-order valence-corrected chi connectivity index (χ1v) is 12.8. The van der Waals surface area contributed by atoms with Crippen molar-refractivity contribution in [3.05, 3.63) is 82.8 Å². The molecule has 9 heteroatoms. The molecule has 2 heterocycles. The van der Waals surface area contributed by atoms with Crippen LogP contribution in [0.25, 0.3) is 0 Å². The molecule has 1 unspecified atom stereocenters. The summed E-state index contributed by atoms with van der Waals surface area (Å²) in [5.74, 6) is -0.488. The van der Waals surface area contributed by atoms with E-state index in [1.165, 1.54) is 35.7 Å². The summed E-state index contributed by atoms with van der Waals surface area (Å²) in [6, 6.07) is 6.49. The van der Waals surface area contributed by atoms with Crippen molar-refractivity contribution in [2.24, 2.45) is 5.92 Å². The maximum absolute atomic E-state index is 13.8. The molecule has 0 spiro atoms. The van der Waals surface area contributed by atoms with Crippen LogP contribution < -0.4 is 0 Å². The average Bonchev–Trinajstić information content (AvgIpc) is 2.84. The molecule has 0 aromatic heterocycles. The van der Waals surface area contributed by atoms with E-state index in [2.05, 4.69) is 4.90 Å². The van der Waals surface area contributed by atoms with E-state index in [4.69, 9.17) is 21.1 Å². The molecular weight excluding hydrogens is 497 g/mol. The number of hydrogen-bond donors (Lipinski definition) is 0. The number of hydrogen-bond acceptors (Lipinski definition) is 5. The Bertz CT molecular complexity index is 1150. The lowest BCUT2D eigenvalue weighted by Crippen LogP contribution is -2.55. The van der Waals surface area contributed by atoms with Gasteiger partial charge in [-0.3, -0.25) is 14.6 Å². The standard InChI is InChI=1S/C28H33ClFN3O4/c1-19-16-31(17-20-8-10-21(30)11-9-20)12-13-33(19)26(34)22-6-5-7-23(29)25(22)24-18-32(14-15-36-24)27(35)37-28(2,3)4/h5,7-11,14-15,18-19,22H,6,12-13,16-17H2,1-4H3/t19-,22?/m1/s1. The summed E-state index contributed by atoms with van der Waals surface area (Å²) in [4.78, 5) is 31.8. The van der Waals surface area contributed by atoms with E-state index in [9.17, 15) is 14.0 Å². The molecule has 2 atom stereocenters. The van der Waals surface area contributed by atoms with E-state index >= 15 is 0 Å². The van der Waals surface area contributed by atoms with Crippen LogP contribution in [-0.4, -0.2) is 58.0 Å². The molecule has 0 saturated carbocycles. The van der Waals surface area contributed by atoms with Gasteiger partial charge in [0.2, 0.25) is 5.91 Å². The molecule has 0 radical (unpaired) electrons. The van der Waals surface area contributed by atoms with Crippen LogP contribution in [-0.2, 0) is 20.8 Å². The van der Waals surface area contributed by atoms with Crippen molar-refractivity contribution in [2.75, 3.05) is 19.6 Å². The van der Waals surface area contributed by atoms with Crippen molar-refractivity contribution in [1.82, 2.24) is 14.7 Å². The van der Waals surface area contributed by atoms with Gasteiger partial charge in [0.15, 0.2) is 0 Å². The van der Waals surface area contributed by atoms with Crippen LogP contribution >= 0.6 is 11.6 Å². The van der Waals surface area contributed by atoms with E-state index in [0.717, 1.165) is 5.56 Å². The molecule has 1 aromatic rings. The predicted molar refractivity (Wildman–Crippen MR) is 139 cm³/mol. The van der Waals surface area contributed by atoms with Crippen molar-refractivity contribution < 1.29 is 23.5 Å². The third-order valence-corrected chi connectivity index (χ3v) is 6.73. The third kappa shape index (κ3) is 6.62. The Kier molecular flexibility index (Phi) is 8.09. The van der Waals surface area contributed by atoms with Crippen LogP contribution in [0.4, 0.5) is 9.18 Å². The van der Waals surface area contributed by atoms with E-state index in [1.807, 2.05) is 17.9 Å². The maximum atomic E-state index is 13.8. The van der Waals surface area contributed by atoms with Gasteiger partial charge in [-0.1, -0.05) is 29.8 Å². The second-order valence-corrected chi connectivity index (χ2v) is 10.9. The predicted octanol–water partition coefficient (Wildman–Crippen LogP) is 5.51. The summed E-state index contributed by atoms with van der Waals surface area (Å²) < 4.78 is 24.4. The highest BCUT2D eigenvalue weighted by Crippen LogP contribution is 2.37. The van der Waals surface area contributed by atoms with Crippen LogP contribution in [0.15, 0.2) is 71.4 Å². The summed E-state index contributed by atoms with van der Waals surface area (Å²) in [5, 5.41) is 0.401. The molecule has 4 rings (SSSR count). The van der Waals surface area contributed by atoms with E-state index < -0.39 is 17.6 Å². The monoisotopic (exact) mass is 529 g/mol. The first-order chi connectivity index (χ1) is 17.5. The Morgan fingerprint density at radius 3 is 2.59 bits per heavy atom. The van der Waals surface area contributed by atoms with Crippen LogP contribution in [0, 0.1) is 11.7 Å². The Morgan fingerprint density at radius 1 is 1.19 bits per heavy atom. The van der Waals surface area contributed by atoms with Gasteiger partial charge in [0.05, 0.1) is 18.3 Å². The van der Waals surface area contributed by atoms with Gasteiger partial charge >= 0.3 is 6.09 Å². The van der Waals surface area contributed by atoms with Crippen LogP contribution in [0.5, 0.6) is 0 Å². The first kappa shape index (κ1) is 26.9. The lowest BCUT2D eigenvalue weighted by atomic mass is 9.88. The lowest BCUT2D eigenvalue weighted by Gasteiger charge is -2.42. The minimum atomic E-state index is -0.658. The van der Waals surface area contributed by atoms with Gasteiger partial charge in [0.1, 0.15) is 23.4 Å². The van der Waals surface area contributed by atoms with Gasteiger partial charge in [-0.25, -0.2) is 9.18 Å². The number of benzene rings is 1. The number of halogens is 2. The van der Waals surface area contributed by atoms with E-state index in [-0.39, 0.29) is 17.8 Å². The van der Waals surface area contributed by atoms with Gasteiger partial charge in [0.25, 0.3) is 0 Å². The molecule has 198 valence electrons. The zero-order valence-electron chi connectivity index (χ0n) is 21.6. The Balaban J connectivity index is 1.47. The molecular formula is C28H33ClFN3O4. The molecule has 37 heavy (non-hydrogen) atoms. The van der Waals surface area contributed by atoms with Gasteiger partial charge in [-0.15, -0.1) is 0 Å². The molecule has 2 aliphatic heterocycles. The summed E-state index contributed by atoms with van der Waals surface area (Å²) in [5.41, 5.74) is 0.926. The molecule has 0 bridgehead atoms. The zero-order valence-corrected chi connectivity index (χ0v) is 22.4. The molecule has 1 aliphatic carbocycles. The Morgan fingerprint density at radius 2 is 1.92 bits per heavy atom. The summed E-state index contributed by atoms with van der Waals surface area (Å²) in [7, 11) is 0. The fourth-order valence-corrected chi connectivity index (χ4v) is 4.99. The molecule has 2 amide bonds. The first-order valence-electron chi connectivity index (χ1n) is 12.4. The van der Waals surface area contributed by atoms with Crippen LogP contribution in [0.1, 0.15) is 39.7 Å². The minimum Gasteiger partial charge on any atom is -0.462 e. The van der Waals surface area contributed by atoms with Crippen molar-refractivity contribution in [3.8, 4) is 0 Å². The normalized spacial score (nSPS) is 22.6. The number of amides is 2. The molecule has 1 aromatic carbocycles. The quantitative estimate of drug-likeness (QED) is 0.515. The molecule has 3 aliphatic rings. The smallest absolute Gasteiger partial charge is 0.418 e. The van der Waals surface area contributed by atoms with Gasteiger partial charge in [-0.05, 0) is 57.9 Å². The highest BCUT2D eigenvalue weighted by Gasteiger charge is 2.37. The number of rotatable bonds is 4. The van der Waals surface area contributed by atoms with Crippen molar-refractivity contribution in [2.45, 2.75) is 52.3 Å². The molecule has 0 N–H and O–H groups in total. The number of carbonyl (C=O) groups excluding carboxylic acids is 2. The maximum Gasteiger partial charge on any atom is 0.418 e. The minimum absolute atomic E-state index is 0.0213. The second-order valence-electron chi connectivity index (χ2n) is 10.5. The summed E-state index contributed by atoms with van der Waals surface area (Å²) >= 11 is 6.60. The van der Waals surface area contributed by atoms with Gasteiger partial charge in [0, 0.05) is 42.8 Å². The fraction of sp³-hybridized carbons (Fsp3) is 0.429. The third-order valence-electron chi connectivity index (χ3n) is 6.40. The van der Waals surface area contributed by atoms with Gasteiger partial charge in [-0.2, -0.15) is 0 Å². The SMILES string of the molecule is C[C@@H]1CN(Cc2ccc(F)cc2)CCN1C(=O)C1CC=CC(Cl)=C1C1=CN(C(=O)OC(C)(C)C)C=CO1. The molecule has 1 fully saturated rings.